The molecule has 10 heteroatoms. The fourth-order valence-corrected chi connectivity index (χ4v) is 3.14. The van der Waals surface area contributed by atoms with E-state index < -0.39 is 23.7 Å². The lowest BCUT2D eigenvalue weighted by Crippen LogP contribution is -2.15. The summed E-state index contributed by atoms with van der Waals surface area (Å²) in [5.74, 6) is -1.07. The second-order valence-corrected chi connectivity index (χ2v) is 7.61. The number of para-hydroxylation sites is 1. The Bertz CT molecular complexity index is 1150. The molecule has 0 saturated carbocycles. The van der Waals surface area contributed by atoms with Crippen molar-refractivity contribution < 1.29 is 41.7 Å². The van der Waals surface area contributed by atoms with Crippen LogP contribution in [0.1, 0.15) is 26.3 Å². The first-order valence-corrected chi connectivity index (χ1v) is 11.4. The van der Waals surface area contributed by atoms with Crippen molar-refractivity contribution >= 4 is 23.3 Å². The molecule has 0 aliphatic rings. The van der Waals surface area contributed by atoms with Gasteiger partial charge < -0.3 is 24.3 Å². The molecule has 0 radical (unpaired) electrons. The topological polar surface area (TPSA) is 83.1 Å². The lowest BCUT2D eigenvalue weighted by Gasteiger charge is -2.13. The van der Waals surface area contributed by atoms with Gasteiger partial charge in [-0.3, -0.25) is 0 Å². The minimum absolute atomic E-state index is 0.0224. The van der Waals surface area contributed by atoms with Gasteiger partial charge in [0.05, 0.1) is 48.8 Å². The number of esters is 2. The summed E-state index contributed by atoms with van der Waals surface area (Å²) in [5.41, 5.74) is 0.344. The molecule has 0 aliphatic carbocycles. The van der Waals surface area contributed by atoms with E-state index in [0.29, 0.717) is 11.3 Å². The SMILES string of the molecule is O=C(OCCOCCOCCOC(=O)c1ccccc1Nc1cccc(C(F)(F)F)c1)c1ccccc1. The Labute approximate surface area is 212 Å². The molecule has 196 valence electrons. The number of carbonyl (C=O) groups excluding carboxylic acids is 2. The van der Waals surface area contributed by atoms with Gasteiger partial charge in [-0.25, -0.2) is 9.59 Å². The van der Waals surface area contributed by atoms with Gasteiger partial charge in [0.2, 0.25) is 0 Å². The summed E-state index contributed by atoms with van der Waals surface area (Å²) in [7, 11) is 0. The van der Waals surface area contributed by atoms with Gasteiger partial charge in [-0.1, -0.05) is 36.4 Å². The van der Waals surface area contributed by atoms with Gasteiger partial charge in [0.15, 0.2) is 0 Å². The summed E-state index contributed by atoms with van der Waals surface area (Å²) < 4.78 is 59.9. The molecule has 37 heavy (non-hydrogen) atoms. The first kappa shape index (κ1) is 27.7. The van der Waals surface area contributed by atoms with Crippen molar-refractivity contribution in [2.24, 2.45) is 0 Å². The molecule has 0 unspecified atom stereocenters. The predicted octanol–water partition coefficient (Wildman–Crippen LogP) is 5.50. The van der Waals surface area contributed by atoms with E-state index in [-0.39, 0.29) is 50.9 Å². The second kappa shape index (κ2) is 14.0. The van der Waals surface area contributed by atoms with Gasteiger partial charge >= 0.3 is 18.1 Å². The number of hydrogen-bond acceptors (Lipinski definition) is 7. The van der Waals surface area contributed by atoms with Crippen LogP contribution < -0.4 is 5.32 Å². The third-order valence-electron chi connectivity index (χ3n) is 4.92. The van der Waals surface area contributed by atoms with Crippen molar-refractivity contribution in [3.63, 3.8) is 0 Å². The maximum absolute atomic E-state index is 13.0. The molecule has 0 fully saturated rings. The molecular formula is C27H26F3NO6. The van der Waals surface area contributed by atoms with Gasteiger partial charge in [0.25, 0.3) is 0 Å². The highest BCUT2D eigenvalue weighted by Gasteiger charge is 2.30. The van der Waals surface area contributed by atoms with Crippen LogP contribution in [-0.2, 0) is 25.1 Å². The summed E-state index contributed by atoms with van der Waals surface area (Å²) in [5, 5.41) is 2.84. The van der Waals surface area contributed by atoms with Gasteiger partial charge in [-0.05, 0) is 42.5 Å². The number of carbonyl (C=O) groups is 2. The summed E-state index contributed by atoms with van der Waals surface area (Å²) >= 11 is 0. The van der Waals surface area contributed by atoms with Gasteiger partial charge in [-0.15, -0.1) is 0 Å². The third kappa shape index (κ3) is 9.25. The predicted molar refractivity (Wildman–Crippen MR) is 130 cm³/mol. The van der Waals surface area contributed by atoms with Crippen LogP contribution in [0.25, 0.3) is 0 Å². The Morgan fingerprint density at radius 3 is 1.95 bits per heavy atom. The molecule has 0 saturated heterocycles. The lowest BCUT2D eigenvalue weighted by molar-refractivity contribution is -0.137. The average molecular weight is 518 g/mol. The highest BCUT2D eigenvalue weighted by molar-refractivity contribution is 5.96. The van der Waals surface area contributed by atoms with E-state index in [2.05, 4.69) is 5.32 Å². The van der Waals surface area contributed by atoms with Crippen LogP contribution in [0.4, 0.5) is 24.5 Å². The molecule has 0 spiro atoms. The van der Waals surface area contributed by atoms with E-state index in [1.165, 1.54) is 18.2 Å². The van der Waals surface area contributed by atoms with Gasteiger partial charge in [0, 0.05) is 5.69 Å². The normalized spacial score (nSPS) is 11.1. The number of alkyl halides is 3. The molecule has 1 N–H and O–H groups in total. The number of anilines is 2. The summed E-state index contributed by atoms with van der Waals surface area (Å²) in [6.07, 6.45) is -4.48. The quantitative estimate of drug-likeness (QED) is 0.237. The number of hydrogen-bond donors (Lipinski definition) is 1. The molecular weight excluding hydrogens is 491 g/mol. The Morgan fingerprint density at radius 1 is 0.676 bits per heavy atom. The molecule has 3 aromatic rings. The van der Waals surface area contributed by atoms with Crippen LogP contribution in [0.15, 0.2) is 78.9 Å². The average Bonchev–Trinajstić information content (AvgIpc) is 2.90. The van der Waals surface area contributed by atoms with Crippen LogP contribution in [0.5, 0.6) is 0 Å². The molecule has 0 amide bonds. The van der Waals surface area contributed by atoms with Crippen LogP contribution in [0, 0.1) is 0 Å². The molecule has 0 heterocycles. The van der Waals surface area contributed by atoms with Crippen molar-refractivity contribution in [2.75, 3.05) is 45.0 Å². The van der Waals surface area contributed by atoms with Gasteiger partial charge in [-0.2, -0.15) is 13.2 Å². The molecule has 0 atom stereocenters. The Kier molecular flexibility index (Phi) is 10.5. The zero-order valence-corrected chi connectivity index (χ0v) is 19.8. The molecule has 0 aromatic heterocycles. The summed E-state index contributed by atoms with van der Waals surface area (Å²) in [6, 6.07) is 19.7. The molecule has 3 aromatic carbocycles. The van der Waals surface area contributed by atoms with E-state index in [1.807, 2.05) is 6.07 Å². The Morgan fingerprint density at radius 2 is 1.27 bits per heavy atom. The molecule has 0 aliphatic heterocycles. The molecule has 0 bridgehead atoms. The highest BCUT2D eigenvalue weighted by Crippen LogP contribution is 2.32. The fraction of sp³-hybridized carbons (Fsp3) is 0.259. The smallest absolute Gasteiger partial charge is 0.416 e. The van der Waals surface area contributed by atoms with Gasteiger partial charge in [0.1, 0.15) is 13.2 Å². The monoisotopic (exact) mass is 517 g/mol. The summed E-state index contributed by atoms with van der Waals surface area (Å²) in [6.45, 7) is 0.942. The number of benzene rings is 3. The zero-order chi connectivity index (χ0) is 26.5. The van der Waals surface area contributed by atoms with Crippen LogP contribution >= 0.6 is 0 Å². The fourth-order valence-electron chi connectivity index (χ4n) is 3.14. The van der Waals surface area contributed by atoms with Crippen molar-refractivity contribution in [1.29, 1.82) is 0 Å². The maximum Gasteiger partial charge on any atom is 0.416 e. The van der Waals surface area contributed by atoms with E-state index in [0.717, 1.165) is 12.1 Å². The maximum atomic E-state index is 13.0. The third-order valence-corrected chi connectivity index (χ3v) is 4.92. The largest absolute Gasteiger partial charge is 0.460 e. The van der Waals surface area contributed by atoms with Crippen molar-refractivity contribution in [3.8, 4) is 0 Å². The minimum Gasteiger partial charge on any atom is -0.460 e. The number of ether oxygens (including phenoxy) is 4. The van der Waals surface area contributed by atoms with Crippen molar-refractivity contribution in [1.82, 2.24) is 0 Å². The van der Waals surface area contributed by atoms with Crippen LogP contribution in [0.2, 0.25) is 0 Å². The zero-order valence-electron chi connectivity index (χ0n) is 19.8. The number of nitrogens with one attached hydrogen (secondary N) is 1. The van der Waals surface area contributed by atoms with E-state index in [1.54, 1.807) is 42.5 Å². The van der Waals surface area contributed by atoms with Crippen LogP contribution in [0.3, 0.4) is 0 Å². The number of halogens is 3. The standard InChI is InChI=1S/C27H26F3NO6/c28-27(29,30)21-9-6-10-22(19-21)31-24-12-5-4-11-23(24)26(33)37-18-16-35-14-13-34-15-17-36-25(32)20-7-2-1-3-8-20/h1-12,19,31H,13-18H2. The molecule has 7 nitrogen and oxygen atoms in total. The van der Waals surface area contributed by atoms with Crippen LogP contribution in [-0.4, -0.2) is 51.6 Å². The second-order valence-electron chi connectivity index (χ2n) is 7.61. The molecule has 3 rings (SSSR count). The Balaban J connectivity index is 1.32. The lowest BCUT2D eigenvalue weighted by atomic mass is 10.1. The van der Waals surface area contributed by atoms with E-state index in [4.69, 9.17) is 18.9 Å². The Hall–Kier alpha value is -3.89. The number of rotatable bonds is 13. The highest BCUT2D eigenvalue weighted by atomic mass is 19.4. The van der Waals surface area contributed by atoms with E-state index >= 15 is 0 Å². The first-order chi connectivity index (χ1) is 17.8. The minimum atomic E-state index is -4.48. The first-order valence-electron chi connectivity index (χ1n) is 11.4. The van der Waals surface area contributed by atoms with Crippen molar-refractivity contribution in [2.45, 2.75) is 6.18 Å². The summed E-state index contributed by atoms with van der Waals surface area (Å²) in [4.78, 5) is 24.3. The van der Waals surface area contributed by atoms with E-state index in [9.17, 15) is 22.8 Å². The van der Waals surface area contributed by atoms with Crippen molar-refractivity contribution in [3.05, 3.63) is 95.6 Å².